The van der Waals surface area contributed by atoms with Crippen LogP contribution in [-0.2, 0) is 0 Å². The second kappa shape index (κ2) is 4.94. The number of hydrogen-bond donors (Lipinski definition) is 1. The molecule has 0 heterocycles. The van der Waals surface area contributed by atoms with Gasteiger partial charge in [-0.2, -0.15) is 0 Å². The zero-order chi connectivity index (χ0) is 11.4. The molecule has 0 amide bonds. The van der Waals surface area contributed by atoms with E-state index in [9.17, 15) is 4.39 Å². The molecule has 0 aliphatic carbocycles. The van der Waals surface area contributed by atoms with Crippen LogP contribution in [0.3, 0.4) is 0 Å². The quantitative estimate of drug-likeness (QED) is 0.770. The molecule has 1 unspecified atom stereocenters. The number of nitrogens with one attached hydrogen (secondary N) is 1. The summed E-state index contributed by atoms with van der Waals surface area (Å²) in [7, 11) is 3.30. The topological polar surface area (TPSA) is 21.3 Å². The number of benzene rings is 1. The number of halogens is 1. The zero-order valence-corrected chi connectivity index (χ0v) is 9.30. The molecule has 0 bridgehead atoms. The molecule has 15 heavy (non-hydrogen) atoms. The van der Waals surface area contributed by atoms with Crippen molar-refractivity contribution in [1.82, 2.24) is 5.32 Å². The van der Waals surface area contributed by atoms with Crippen molar-refractivity contribution in [2.45, 2.75) is 13.0 Å². The van der Waals surface area contributed by atoms with E-state index in [1.807, 2.05) is 6.92 Å². The Labute approximate surface area is 89.8 Å². The highest BCUT2D eigenvalue weighted by Gasteiger charge is 2.14. The Morgan fingerprint density at radius 2 is 2.20 bits per heavy atom. The lowest BCUT2D eigenvalue weighted by Gasteiger charge is -2.17. The van der Waals surface area contributed by atoms with Crippen LogP contribution in [0.1, 0.15) is 18.5 Å². The average Bonchev–Trinajstić information content (AvgIpc) is 2.20. The normalized spacial score (nSPS) is 12.3. The average molecular weight is 209 g/mol. The molecule has 1 rings (SSSR count). The summed E-state index contributed by atoms with van der Waals surface area (Å²) in [6.45, 7) is 5.69. The molecule has 0 saturated carbocycles. The van der Waals surface area contributed by atoms with Crippen molar-refractivity contribution in [3.63, 3.8) is 0 Å². The first kappa shape index (κ1) is 11.7. The number of ether oxygens (including phenoxy) is 1. The van der Waals surface area contributed by atoms with Crippen LogP contribution < -0.4 is 10.1 Å². The molecule has 1 aromatic rings. The molecule has 2 nitrogen and oxygen atoms in total. The summed E-state index contributed by atoms with van der Waals surface area (Å²) in [6.07, 6.45) is 0. The van der Waals surface area contributed by atoms with Gasteiger partial charge in [-0.05, 0) is 20.0 Å². The molecule has 0 aromatic heterocycles. The summed E-state index contributed by atoms with van der Waals surface area (Å²) in [5.41, 5.74) is 1.47. The molecule has 0 aliphatic rings. The van der Waals surface area contributed by atoms with Crippen molar-refractivity contribution in [2.75, 3.05) is 14.2 Å². The van der Waals surface area contributed by atoms with Gasteiger partial charge in [-0.1, -0.05) is 18.2 Å². The Kier molecular flexibility index (Phi) is 3.86. The molecule has 3 heteroatoms. The molecule has 0 radical (unpaired) electrons. The third-order valence-corrected chi connectivity index (χ3v) is 2.30. The van der Waals surface area contributed by atoms with Crippen LogP contribution in [0.25, 0.3) is 0 Å². The van der Waals surface area contributed by atoms with Crippen molar-refractivity contribution < 1.29 is 9.13 Å². The lowest BCUT2D eigenvalue weighted by Crippen LogP contribution is -2.18. The zero-order valence-electron chi connectivity index (χ0n) is 9.30. The van der Waals surface area contributed by atoms with E-state index in [0.717, 1.165) is 5.57 Å². The van der Waals surface area contributed by atoms with E-state index < -0.39 is 0 Å². The van der Waals surface area contributed by atoms with Gasteiger partial charge < -0.3 is 10.1 Å². The summed E-state index contributed by atoms with van der Waals surface area (Å²) in [4.78, 5) is 0. The van der Waals surface area contributed by atoms with Gasteiger partial charge >= 0.3 is 0 Å². The van der Waals surface area contributed by atoms with Gasteiger partial charge in [0.05, 0.1) is 13.2 Å². The maximum Gasteiger partial charge on any atom is 0.132 e. The number of rotatable bonds is 4. The predicted molar refractivity (Wildman–Crippen MR) is 59.6 cm³/mol. The smallest absolute Gasteiger partial charge is 0.132 e. The Hall–Kier alpha value is -1.35. The Bertz CT molecular complexity index is 363. The Morgan fingerprint density at radius 1 is 1.53 bits per heavy atom. The van der Waals surface area contributed by atoms with Crippen LogP contribution in [0.5, 0.6) is 5.75 Å². The fourth-order valence-corrected chi connectivity index (χ4v) is 1.54. The second-order valence-electron chi connectivity index (χ2n) is 3.46. The summed E-state index contributed by atoms with van der Waals surface area (Å²) >= 11 is 0. The summed E-state index contributed by atoms with van der Waals surface area (Å²) < 4.78 is 18.6. The van der Waals surface area contributed by atoms with Crippen LogP contribution in [0.4, 0.5) is 4.39 Å². The molecule has 1 aromatic carbocycles. The first-order chi connectivity index (χ1) is 7.10. The highest BCUT2D eigenvalue weighted by Crippen LogP contribution is 2.25. The van der Waals surface area contributed by atoms with Crippen LogP contribution in [0.15, 0.2) is 30.4 Å². The van der Waals surface area contributed by atoms with Crippen LogP contribution in [0, 0.1) is 5.82 Å². The van der Waals surface area contributed by atoms with Gasteiger partial charge in [0, 0.05) is 11.6 Å². The lowest BCUT2D eigenvalue weighted by atomic mass is 10.0. The van der Waals surface area contributed by atoms with Crippen molar-refractivity contribution in [3.8, 4) is 5.75 Å². The molecule has 1 N–H and O–H groups in total. The molecule has 0 saturated heterocycles. The third kappa shape index (κ3) is 2.57. The van der Waals surface area contributed by atoms with Gasteiger partial charge in [0.2, 0.25) is 0 Å². The van der Waals surface area contributed by atoms with Crippen LogP contribution in [-0.4, -0.2) is 14.2 Å². The first-order valence-corrected chi connectivity index (χ1v) is 4.76. The van der Waals surface area contributed by atoms with E-state index in [4.69, 9.17) is 4.74 Å². The van der Waals surface area contributed by atoms with Crippen molar-refractivity contribution in [2.24, 2.45) is 0 Å². The van der Waals surface area contributed by atoms with Gasteiger partial charge in [-0.15, -0.1) is 0 Å². The van der Waals surface area contributed by atoms with Crippen LogP contribution >= 0.6 is 0 Å². The largest absolute Gasteiger partial charge is 0.497 e. The van der Waals surface area contributed by atoms with E-state index in [2.05, 4.69) is 11.9 Å². The maximum absolute atomic E-state index is 13.7. The Morgan fingerprint density at radius 3 is 2.60 bits per heavy atom. The molecule has 82 valence electrons. The standard InChI is InChI=1S/C12H16FNO/c1-8(2)12(14-3)10-6-5-9(15-4)7-11(10)13/h5-7,12,14H,1H2,2-4H3. The molecular weight excluding hydrogens is 193 g/mol. The molecule has 0 fully saturated rings. The van der Waals surface area contributed by atoms with Gasteiger partial charge in [0.1, 0.15) is 11.6 Å². The lowest BCUT2D eigenvalue weighted by molar-refractivity contribution is 0.410. The second-order valence-corrected chi connectivity index (χ2v) is 3.46. The highest BCUT2D eigenvalue weighted by atomic mass is 19.1. The minimum Gasteiger partial charge on any atom is -0.497 e. The summed E-state index contributed by atoms with van der Waals surface area (Å²) in [5.74, 6) is 0.240. The van der Waals surface area contributed by atoms with E-state index >= 15 is 0 Å². The monoisotopic (exact) mass is 209 g/mol. The number of hydrogen-bond acceptors (Lipinski definition) is 2. The highest BCUT2D eigenvalue weighted by molar-refractivity contribution is 5.34. The minimum atomic E-state index is -0.281. The first-order valence-electron chi connectivity index (χ1n) is 4.76. The fourth-order valence-electron chi connectivity index (χ4n) is 1.54. The fraction of sp³-hybridized carbons (Fsp3) is 0.333. The van der Waals surface area contributed by atoms with E-state index in [-0.39, 0.29) is 11.9 Å². The predicted octanol–water partition coefficient (Wildman–Crippen LogP) is 2.67. The third-order valence-electron chi connectivity index (χ3n) is 2.30. The molecular formula is C12H16FNO. The van der Waals surface area contributed by atoms with Crippen molar-refractivity contribution in [1.29, 1.82) is 0 Å². The van der Waals surface area contributed by atoms with Gasteiger partial charge in [0.15, 0.2) is 0 Å². The van der Waals surface area contributed by atoms with Gasteiger partial charge in [0.25, 0.3) is 0 Å². The van der Waals surface area contributed by atoms with Crippen LogP contribution in [0.2, 0.25) is 0 Å². The SMILES string of the molecule is C=C(C)C(NC)c1ccc(OC)cc1F. The van der Waals surface area contributed by atoms with Gasteiger partial charge in [-0.25, -0.2) is 4.39 Å². The molecule has 0 aliphatic heterocycles. The van der Waals surface area contributed by atoms with E-state index in [1.165, 1.54) is 13.2 Å². The minimum absolute atomic E-state index is 0.157. The molecule has 0 spiro atoms. The van der Waals surface area contributed by atoms with Crippen molar-refractivity contribution >= 4 is 0 Å². The molecule has 1 atom stereocenters. The van der Waals surface area contributed by atoms with E-state index in [1.54, 1.807) is 19.2 Å². The van der Waals surface area contributed by atoms with E-state index in [0.29, 0.717) is 11.3 Å². The number of methoxy groups -OCH3 is 1. The summed E-state index contributed by atoms with van der Waals surface area (Å²) in [5, 5.41) is 3.02. The maximum atomic E-state index is 13.7. The Balaban J connectivity index is 3.08. The van der Waals surface area contributed by atoms with Crippen molar-refractivity contribution in [3.05, 3.63) is 41.7 Å². The summed E-state index contributed by atoms with van der Waals surface area (Å²) in [6, 6.07) is 4.68. The number of likely N-dealkylation sites (N-methyl/N-ethyl adjacent to an activating group) is 1. The van der Waals surface area contributed by atoms with Gasteiger partial charge in [-0.3, -0.25) is 0 Å².